The molecule has 1 aliphatic carbocycles. The molecule has 1 fully saturated rings. The van der Waals surface area contributed by atoms with E-state index in [9.17, 15) is 19.1 Å². The van der Waals surface area contributed by atoms with Crippen LogP contribution in [-0.2, 0) is 7.05 Å². The van der Waals surface area contributed by atoms with E-state index in [1.54, 1.807) is 24.1 Å². The summed E-state index contributed by atoms with van der Waals surface area (Å²) in [6.45, 7) is 0.109. The van der Waals surface area contributed by atoms with Crippen molar-refractivity contribution in [2.75, 3.05) is 6.54 Å². The second-order valence-electron chi connectivity index (χ2n) is 6.06. The maximum atomic E-state index is 13.0. The summed E-state index contributed by atoms with van der Waals surface area (Å²) in [6, 6.07) is 10.2. The van der Waals surface area contributed by atoms with Gasteiger partial charge in [-0.05, 0) is 36.6 Å². The monoisotopic (exact) mass is 330 g/mol. The van der Waals surface area contributed by atoms with Crippen LogP contribution >= 0.6 is 0 Å². The van der Waals surface area contributed by atoms with Gasteiger partial charge in [0, 0.05) is 19.2 Å². The van der Waals surface area contributed by atoms with Crippen LogP contribution in [0.15, 0.2) is 47.3 Å². The van der Waals surface area contributed by atoms with Crippen molar-refractivity contribution in [3.05, 3.63) is 69.9 Å². The van der Waals surface area contributed by atoms with Gasteiger partial charge in [-0.25, -0.2) is 4.39 Å². The van der Waals surface area contributed by atoms with Crippen LogP contribution in [0.3, 0.4) is 0 Å². The van der Waals surface area contributed by atoms with E-state index in [1.807, 2.05) is 0 Å². The molecule has 1 amide bonds. The first-order valence-electron chi connectivity index (χ1n) is 7.88. The molecular formula is C18H19FN2O3. The number of aromatic nitrogens is 1. The summed E-state index contributed by atoms with van der Waals surface area (Å²) in [5, 5.41) is 10.4. The average Bonchev–Trinajstić information content (AvgIpc) is 3.40. The minimum absolute atomic E-state index is 0.0721. The lowest BCUT2D eigenvalue weighted by Gasteiger charge is -2.26. The van der Waals surface area contributed by atoms with Gasteiger partial charge in [0.2, 0.25) is 0 Å². The summed E-state index contributed by atoms with van der Waals surface area (Å²) >= 11 is 0. The number of hydrogen-bond donors (Lipinski definition) is 1. The van der Waals surface area contributed by atoms with Crippen LogP contribution in [0, 0.1) is 5.82 Å². The molecule has 1 unspecified atom stereocenters. The van der Waals surface area contributed by atoms with Crippen LogP contribution in [0.1, 0.15) is 35.0 Å². The Morgan fingerprint density at radius 3 is 2.58 bits per heavy atom. The molecule has 1 aliphatic rings. The molecule has 1 N–H and O–H groups in total. The van der Waals surface area contributed by atoms with Gasteiger partial charge in [-0.2, -0.15) is 0 Å². The second-order valence-corrected chi connectivity index (χ2v) is 6.06. The zero-order chi connectivity index (χ0) is 17.3. The van der Waals surface area contributed by atoms with Crippen molar-refractivity contribution in [1.82, 2.24) is 9.47 Å². The molecule has 2 aromatic rings. The SMILES string of the molecule is Cn1c(C(=O)N(CC(O)c2ccc(F)cc2)C2CC2)cccc1=O. The molecule has 126 valence electrons. The van der Waals surface area contributed by atoms with Gasteiger partial charge in [0.15, 0.2) is 0 Å². The Morgan fingerprint density at radius 2 is 1.96 bits per heavy atom. The fraction of sp³-hybridized carbons (Fsp3) is 0.333. The smallest absolute Gasteiger partial charge is 0.270 e. The van der Waals surface area contributed by atoms with E-state index in [1.165, 1.54) is 34.9 Å². The lowest BCUT2D eigenvalue weighted by molar-refractivity contribution is 0.0593. The average molecular weight is 330 g/mol. The number of benzene rings is 1. The Balaban J connectivity index is 1.82. The fourth-order valence-corrected chi connectivity index (χ4v) is 2.69. The van der Waals surface area contributed by atoms with E-state index in [0.29, 0.717) is 11.3 Å². The minimum Gasteiger partial charge on any atom is -0.387 e. The van der Waals surface area contributed by atoms with Crippen LogP contribution in [0.2, 0.25) is 0 Å². The summed E-state index contributed by atoms with van der Waals surface area (Å²) in [6.07, 6.45) is 0.849. The normalized spacial score (nSPS) is 15.1. The van der Waals surface area contributed by atoms with E-state index < -0.39 is 6.10 Å². The molecule has 3 rings (SSSR count). The van der Waals surface area contributed by atoms with Crippen LogP contribution in [0.4, 0.5) is 4.39 Å². The predicted molar refractivity (Wildman–Crippen MR) is 87.1 cm³/mol. The number of carbonyl (C=O) groups excluding carboxylic acids is 1. The van der Waals surface area contributed by atoms with Crippen LogP contribution < -0.4 is 5.56 Å². The van der Waals surface area contributed by atoms with Crippen LogP contribution in [0.5, 0.6) is 0 Å². The number of amides is 1. The van der Waals surface area contributed by atoms with Gasteiger partial charge >= 0.3 is 0 Å². The van der Waals surface area contributed by atoms with Crippen molar-refractivity contribution in [3.63, 3.8) is 0 Å². The first-order valence-corrected chi connectivity index (χ1v) is 7.88. The van der Waals surface area contributed by atoms with Gasteiger partial charge in [0.25, 0.3) is 11.5 Å². The van der Waals surface area contributed by atoms with Gasteiger partial charge in [-0.1, -0.05) is 18.2 Å². The van der Waals surface area contributed by atoms with Gasteiger partial charge in [-0.15, -0.1) is 0 Å². The van der Waals surface area contributed by atoms with E-state index in [2.05, 4.69) is 0 Å². The predicted octanol–water partition coefficient (Wildman–Crippen LogP) is 1.86. The number of pyridine rings is 1. The summed E-state index contributed by atoms with van der Waals surface area (Å²) < 4.78 is 14.3. The highest BCUT2D eigenvalue weighted by atomic mass is 19.1. The molecule has 1 aromatic heterocycles. The molecule has 5 nitrogen and oxygen atoms in total. The molecule has 1 heterocycles. The maximum absolute atomic E-state index is 13.0. The topological polar surface area (TPSA) is 62.5 Å². The van der Waals surface area contributed by atoms with Gasteiger partial charge in [0.05, 0.1) is 12.6 Å². The number of carbonyl (C=O) groups is 1. The molecule has 0 aliphatic heterocycles. The summed E-state index contributed by atoms with van der Waals surface area (Å²) in [7, 11) is 1.55. The van der Waals surface area contributed by atoms with Crippen molar-refractivity contribution in [2.45, 2.75) is 25.0 Å². The van der Waals surface area contributed by atoms with Crippen molar-refractivity contribution >= 4 is 5.91 Å². The van der Waals surface area contributed by atoms with Crippen molar-refractivity contribution in [1.29, 1.82) is 0 Å². The highest BCUT2D eigenvalue weighted by Gasteiger charge is 2.35. The van der Waals surface area contributed by atoms with Crippen molar-refractivity contribution < 1.29 is 14.3 Å². The molecule has 0 saturated heterocycles. The third-order valence-electron chi connectivity index (χ3n) is 4.28. The zero-order valence-corrected chi connectivity index (χ0v) is 13.4. The van der Waals surface area contributed by atoms with Crippen molar-refractivity contribution in [3.8, 4) is 0 Å². The Hall–Kier alpha value is -2.47. The van der Waals surface area contributed by atoms with E-state index in [-0.39, 0.29) is 29.9 Å². The molecule has 1 atom stereocenters. The molecule has 0 spiro atoms. The molecule has 1 saturated carbocycles. The summed E-state index contributed by atoms with van der Waals surface area (Å²) in [5.74, 6) is -0.653. The van der Waals surface area contributed by atoms with E-state index in [0.717, 1.165) is 12.8 Å². The molecule has 0 radical (unpaired) electrons. The minimum atomic E-state index is -0.907. The quantitative estimate of drug-likeness (QED) is 0.910. The number of rotatable bonds is 5. The number of hydrogen-bond acceptors (Lipinski definition) is 3. The zero-order valence-electron chi connectivity index (χ0n) is 13.4. The molecular weight excluding hydrogens is 311 g/mol. The van der Waals surface area contributed by atoms with Crippen LogP contribution in [-0.4, -0.2) is 33.1 Å². The fourth-order valence-electron chi connectivity index (χ4n) is 2.69. The summed E-state index contributed by atoms with van der Waals surface area (Å²) in [4.78, 5) is 26.2. The number of aliphatic hydroxyl groups excluding tert-OH is 1. The van der Waals surface area contributed by atoms with Gasteiger partial charge in [0.1, 0.15) is 11.5 Å². The summed E-state index contributed by atoms with van der Waals surface area (Å²) in [5.41, 5.74) is 0.591. The molecule has 6 heteroatoms. The standard InChI is InChI=1S/C18H19FN2O3/c1-20-15(3-2-4-17(20)23)18(24)21(14-9-10-14)11-16(22)12-5-7-13(19)8-6-12/h2-8,14,16,22H,9-11H2,1H3. The Labute approximate surface area is 139 Å². The lowest BCUT2D eigenvalue weighted by atomic mass is 10.1. The first kappa shape index (κ1) is 16.4. The highest BCUT2D eigenvalue weighted by Crippen LogP contribution is 2.30. The number of aliphatic hydroxyl groups is 1. The first-order chi connectivity index (χ1) is 11.5. The van der Waals surface area contributed by atoms with E-state index >= 15 is 0 Å². The highest BCUT2D eigenvalue weighted by molar-refractivity contribution is 5.93. The molecule has 0 bridgehead atoms. The van der Waals surface area contributed by atoms with Crippen molar-refractivity contribution in [2.24, 2.45) is 7.05 Å². The lowest BCUT2D eigenvalue weighted by Crippen LogP contribution is -2.39. The number of nitrogens with zero attached hydrogens (tertiary/aromatic N) is 2. The third-order valence-corrected chi connectivity index (χ3v) is 4.28. The largest absolute Gasteiger partial charge is 0.387 e. The third kappa shape index (κ3) is 3.38. The molecule has 1 aromatic carbocycles. The van der Waals surface area contributed by atoms with E-state index in [4.69, 9.17) is 0 Å². The van der Waals surface area contributed by atoms with Crippen LogP contribution in [0.25, 0.3) is 0 Å². The maximum Gasteiger partial charge on any atom is 0.270 e. The Morgan fingerprint density at radius 1 is 1.29 bits per heavy atom. The molecule has 24 heavy (non-hydrogen) atoms. The van der Waals surface area contributed by atoms with Gasteiger partial charge < -0.3 is 14.6 Å². The second kappa shape index (κ2) is 6.57. The van der Waals surface area contributed by atoms with Gasteiger partial charge in [-0.3, -0.25) is 9.59 Å². The Kier molecular flexibility index (Phi) is 4.49. The Bertz CT molecular complexity index is 797. The number of halogens is 1.